The van der Waals surface area contributed by atoms with Crippen molar-refractivity contribution < 1.29 is 52.7 Å². The van der Waals surface area contributed by atoms with Gasteiger partial charge in [-0.3, -0.25) is 0 Å². The summed E-state index contributed by atoms with van der Waals surface area (Å²) in [4.78, 5) is 0. The van der Waals surface area contributed by atoms with Crippen LogP contribution < -0.4 is 0 Å². The summed E-state index contributed by atoms with van der Waals surface area (Å²) in [5, 5.41) is -12.7. The van der Waals surface area contributed by atoms with Crippen LogP contribution in [0.3, 0.4) is 0 Å². The van der Waals surface area contributed by atoms with Crippen molar-refractivity contribution in [1.82, 2.24) is 3.71 Å². The third kappa shape index (κ3) is 2.81. The predicted octanol–water partition coefficient (Wildman–Crippen LogP) is 2.07. The Morgan fingerprint density at radius 2 is 1.28 bits per heavy atom. The maximum atomic E-state index is 13.8. The molecule has 0 saturated carbocycles. The Balaban J connectivity index is 2.04. The molecule has 1 aromatic carbocycles. The van der Waals surface area contributed by atoms with E-state index in [1.807, 2.05) is 0 Å². The largest absolute Gasteiger partial charge is 0.429 e. The van der Waals surface area contributed by atoms with Gasteiger partial charge in [0, 0.05) is 18.5 Å². The first kappa shape index (κ1) is 22.3. The highest BCUT2D eigenvalue weighted by molar-refractivity contribution is 8.05. The lowest BCUT2D eigenvalue weighted by atomic mass is 10.0. The van der Waals surface area contributed by atoms with Gasteiger partial charge in [-0.25, -0.2) is 16.8 Å². The summed E-state index contributed by atoms with van der Waals surface area (Å²) >= 11 is 0. The second-order valence-electron chi connectivity index (χ2n) is 6.18. The molecule has 7 nitrogen and oxygen atoms in total. The van der Waals surface area contributed by atoms with E-state index in [4.69, 9.17) is 9.47 Å². The number of sulfonamides is 2. The van der Waals surface area contributed by atoms with Gasteiger partial charge in [0.25, 0.3) is 20.0 Å². The maximum Gasteiger partial charge on any atom is 0.429 e. The summed E-state index contributed by atoms with van der Waals surface area (Å²) in [5.74, 6) is -8.51. The maximum absolute atomic E-state index is 13.8. The minimum atomic E-state index is -6.72. The molecule has 0 N–H and O–H groups in total. The Labute approximate surface area is 161 Å². The lowest BCUT2D eigenvalue weighted by Gasteiger charge is -2.41. The molecule has 0 aromatic heterocycles. The third-order valence-electron chi connectivity index (χ3n) is 4.51. The topological polar surface area (TPSA) is 90.0 Å². The van der Waals surface area contributed by atoms with Crippen LogP contribution >= 0.6 is 0 Å². The molecule has 164 valence electrons. The van der Waals surface area contributed by atoms with Crippen molar-refractivity contribution in [3.63, 3.8) is 0 Å². The molecule has 2 fully saturated rings. The summed E-state index contributed by atoms with van der Waals surface area (Å²) in [5.41, 5.74) is 0.216. The molecular weight excluding hydrogens is 456 g/mol. The van der Waals surface area contributed by atoms with Gasteiger partial charge in [0.1, 0.15) is 0 Å². The zero-order valence-corrected chi connectivity index (χ0v) is 15.8. The van der Waals surface area contributed by atoms with Crippen LogP contribution in [-0.4, -0.2) is 56.7 Å². The van der Waals surface area contributed by atoms with Crippen molar-refractivity contribution in [3.05, 3.63) is 35.9 Å². The van der Waals surface area contributed by atoms with Gasteiger partial charge in [-0.05, 0) is 0 Å². The van der Waals surface area contributed by atoms with E-state index in [2.05, 4.69) is 0 Å². The molecule has 0 spiro atoms. The van der Waals surface area contributed by atoms with E-state index in [0.717, 1.165) is 0 Å². The van der Waals surface area contributed by atoms with Gasteiger partial charge in [-0.2, -0.15) is 26.3 Å². The predicted molar refractivity (Wildman–Crippen MR) is 84.0 cm³/mol. The molecule has 0 aliphatic carbocycles. The fraction of sp³-hybridized carbons (Fsp3) is 0.571. The van der Waals surface area contributed by atoms with Crippen LogP contribution in [0.25, 0.3) is 0 Å². The van der Waals surface area contributed by atoms with Gasteiger partial charge in [0.2, 0.25) is 0 Å². The molecule has 15 heteroatoms. The molecule has 0 radical (unpaired) electrons. The van der Waals surface area contributed by atoms with Crippen LogP contribution in [0.5, 0.6) is 0 Å². The van der Waals surface area contributed by atoms with E-state index in [9.17, 15) is 43.2 Å². The number of ether oxygens (including phenoxy) is 2. The van der Waals surface area contributed by atoms with Crippen molar-refractivity contribution >= 4 is 20.0 Å². The van der Waals surface area contributed by atoms with E-state index in [0.29, 0.717) is 0 Å². The number of benzene rings is 1. The fourth-order valence-electron chi connectivity index (χ4n) is 2.96. The second kappa shape index (κ2) is 6.54. The molecule has 0 atom stereocenters. The smallest absolute Gasteiger partial charge is 0.343 e. The zero-order chi connectivity index (χ0) is 21.9. The van der Waals surface area contributed by atoms with E-state index < -0.39 is 58.9 Å². The van der Waals surface area contributed by atoms with Crippen molar-refractivity contribution in [3.8, 4) is 0 Å². The lowest BCUT2D eigenvalue weighted by molar-refractivity contribution is -0.249. The average Bonchev–Trinajstić information content (AvgIpc) is 3.11. The molecule has 2 aliphatic heterocycles. The van der Waals surface area contributed by atoms with Crippen LogP contribution in [0.4, 0.5) is 26.3 Å². The molecular formula is C14H13F6NO6S2. The Bertz CT molecular complexity index is 945. The van der Waals surface area contributed by atoms with Crippen LogP contribution in [0.15, 0.2) is 30.3 Å². The summed E-state index contributed by atoms with van der Waals surface area (Å²) < 4.78 is 139. The van der Waals surface area contributed by atoms with E-state index in [-0.39, 0.29) is 18.8 Å². The van der Waals surface area contributed by atoms with Gasteiger partial charge >= 0.3 is 16.4 Å². The molecule has 1 aromatic rings. The lowest BCUT2D eigenvalue weighted by Crippen LogP contribution is -2.71. The Morgan fingerprint density at radius 3 is 1.72 bits per heavy atom. The van der Waals surface area contributed by atoms with Gasteiger partial charge in [-0.15, -0.1) is 0 Å². The quantitative estimate of drug-likeness (QED) is 0.628. The minimum Gasteiger partial charge on any atom is -0.343 e. The van der Waals surface area contributed by atoms with Gasteiger partial charge in [0.05, 0.1) is 13.2 Å². The Kier molecular flexibility index (Phi) is 5.02. The third-order valence-corrected chi connectivity index (χ3v) is 8.93. The molecule has 0 amide bonds. The van der Waals surface area contributed by atoms with E-state index >= 15 is 0 Å². The number of alkyl halides is 6. The Hall–Kier alpha value is -1.42. The van der Waals surface area contributed by atoms with Crippen molar-refractivity contribution in [1.29, 1.82) is 0 Å². The van der Waals surface area contributed by atoms with Gasteiger partial charge in [-0.1, -0.05) is 34.0 Å². The van der Waals surface area contributed by atoms with Crippen LogP contribution in [0.1, 0.15) is 12.0 Å². The SMILES string of the molecule is O=S1(=O)N(CCC2(c3ccccc3)OCCO2)S(=O)(=O)C(F)(F)C(F)(F)C1(F)F. The molecule has 0 bridgehead atoms. The molecule has 2 heterocycles. The molecule has 3 rings (SSSR count). The van der Waals surface area contributed by atoms with Crippen molar-refractivity contribution in [2.24, 2.45) is 0 Å². The minimum absolute atomic E-state index is 0.0568. The number of nitrogens with zero attached hydrogens (tertiary/aromatic N) is 1. The molecule has 2 saturated heterocycles. The summed E-state index contributed by atoms with van der Waals surface area (Å²) in [6.07, 6.45) is -0.840. The van der Waals surface area contributed by atoms with Crippen LogP contribution in [0.2, 0.25) is 0 Å². The number of hydrogen-bond acceptors (Lipinski definition) is 6. The highest BCUT2D eigenvalue weighted by Crippen LogP contribution is 2.57. The first-order chi connectivity index (χ1) is 13.2. The molecule has 29 heavy (non-hydrogen) atoms. The van der Waals surface area contributed by atoms with Crippen molar-refractivity contribution in [2.45, 2.75) is 28.6 Å². The standard InChI is InChI=1S/C14H13F6NO6S2/c15-12(16)13(17,18)28(22,23)21(29(24,25)14(12,19)20)7-6-11(26-8-9-27-11)10-4-2-1-3-5-10/h1-5H,6-9H2. The second-order valence-corrected chi connectivity index (χ2v) is 10.2. The summed E-state index contributed by atoms with van der Waals surface area (Å²) in [6.45, 7) is -1.65. The highest BCUT2D eigenvalue weighted by atomic mass is 32.3. The van der Waals surface area contributed by atoms with E-state index in [1.165, 1.54) is 24.3 Å². The first-order valence-corrected chi connectivity index (χ1v) is 10.8. The van der Waals surface area contributed by atoms with Crippen LogP contribution in [0, 0.1) is 0 Å². The highest BCUT2D eigenvalue weighted by Gasteiger charge is 2.88. The van der Waals surface area contributed by atoms with Crippen molar-refractivity contribution in [2.75, 3.05) is 19.8 Å². The monoisotopic (exact) mass is 469 g/mol. The fourth-order valence-corrected chi connectivity index (χ4v) is 6.70. The Morgan fingerprint density at radius 1 is 0.828 bits per heavy atom. The van der Waals surface area contributed by atoms with Gasteiger partial charge < -0.3 is 9.47 Å². The summed E-state index contributed by atoms with van der Waals surface area (Å²) in [6, 6.07) is 7.41. The number of rotatable bonds is 4. The number of halogens is 6. The molecule has 0 unspecified atom stereocenters. The zero-order valence-electron chi connectivity index (χ0n) is 14.2. The van der Waals surface area contributed by atoms with Crippen LogP contribution in [-0.2, 0) is 35.3 Å². The molecule has 2 aliphatic rings. The van der Waals surface area contributed by atoms with E-state index in [1.54, 1.807) is 6.07 Å². The summed E-state index contributed by atoms with van der Waals surface area (Å²) in [7, 11) is -13.4. The van der Waals surface area contributed by atoms with Gasteiger partial charge in [0.15, 0.2) is 5.79 Å². The normalized spacial score (nSPS) is 28.8. The first-order valence-electron chi connectivity index (χ1n) is 7.89. The average molecular weight is 469 g/mol. The number of hydrogen-bond donors (Lipinski definition) is 0.